The van der Waals surface area contributed by atoms with Crippen molar-refractivity contribution in [2.45, 2.75) is 64.6 Å². The van der Waals surface area contributed by atoms with Crippen LogP contribution in [0.3, 0.4) is 0 Å². The fourth-order valence-electron chi connectivity index (χ4n) is 4.00. The third kappa shape index (κ3) is 8.12. The number of oxazole rings is 1. The normalized spacial score (nSPS) is 13.6. The Labute approximate surface area is 237 Å². The fraction of sp³-hybridized carbons (Fsp3) is 0.379. The van der Waals surface area contributed by atoms with Gasteiger partial charge in [0, 0.05) is 16.6 Å². The maximum atomic E-state index is 14.3. The predicted molar refractivity (Wildman–Crippen MR) is 149 cm³/mol. The molecule has 0 unspecified atom stereocenters. The van der Waals surface area contributed by atoms with Gasteiger partial charge in [-0.05, 0) is 54.0 Å². The molecule has 40 heavy (non-hydrogen) atoms. The summed E-state index contributed by atoms with van der Waals surface area (Å²) >= 11 is 6.03. The van der Waals surface area contributed by atoms with Gasteiger partial charge in [0.1, 0.15) is 18.1 Å². The number of aromatic nitrogens is 1. The van der Waals surface area contributed by atoms with Crippen molar-refractivity contribution < 1.29 is 28.3 Å². The Morgan fingerprint density at radius 1 is 1.07 bits per heavy atom. The molecule has 9 nitrogen and oxygen atoms in total. The van der Waals surface area contributed by atoms with Crippen molar-refractivity contribution in [3.8, 4) is 11.1 Å². The van der Waals surface area contributed by atoms with Crippen LogP contribution >= 0.6 is 11.6 Å². The first-order valence-electron chi connectivity index (χ1n) is 12.9. The van der Waals surface area contributed by atoms with Crippen molar-refractivity contribution in [2.24, 2.45) is 11.7 Å². The number of carbonyl (C=O) groups excluding carboxylic acids is 2. The average Bonchev–Trinajstić information content (AvgIpc) is 3.40. The number of nitrogens with zero attached hydrogens (tertiary/aromatic N) is 1. The molecule has 1 heterocycles. The number of nitrogens with two attached hydrogens (primary N) is 1. The predicted octanol–water partition coefficient (Wildman–Crippen LogP) is 4.54. The largest absolute Gasteiger partial charge is 0.480 e. The van der Waals surface area contributed by atoms with Crippen LogP contribution < -0.4 is 16.4 Å². The maximum Gasteiger partial charge on any atom is 0.326 e. The minimum absolute atomic E-state index is 0.0423. The molecular formula is C29H34ClFN4O5. The molecule has 3 rings (SSSR count). The van der Waals surface area contributed by atoms with Crippen molar-refractivity contribution in [2.75, 3.05) is 0 Å². The van der Waals surface area contributed by atoms with E-state index in [4.69, 9.17) is 21.8 Å². The van der Waals surface area contributed by atoms with E-state index >= 15 is 0 Å². The summed E-state index contributed by atoms with van der Waals surface area (Å²) in [5.41, 5.74) is 8.17. The highest BCUT2D eigenvalue weighted by atomic mass is 35.5. The highest BCUT2D eigenvalue weighted by molar-refractivity contribution is 6.30. The zero-order chi connectivity index (χ0) is 29.6. The van der Waals surface area contributed by atoms with Crippen LogP contribution in [0.4, 0.5) is 4.39 Å². The molecule has 0 fully saturated rings. The van der Waals surface area contributed by atoms with Gasteiger partial charge in [0.2, 0.25) is 5.91 Å². The number of halogens is 2. The molecule has 3 aromatic rings. The van der Waals surface area contributed by atoms with E-state index < -0.39 is 41.7 Å². The van der Waals surface area contributed by atoms with Gasteiger partial charge >= 0.3 is 11.9 Å². The summed E-state index contributed by atoms with van der Waals surface area (Å²) in [6, 6.07) is 8.25. The lowest BCUT2D eigenvalue weighted by Crippen LogP contribution is -2.52. The summed E-state index contributed by atoms with van der Waals surface area (Å²) in [7, 11) is 0. The molecule has 0 saturated carbocycles. The standard InChI is InChI=1S/C29H34ClFN4O5/c1-15(2)24-14-40-28(35-24)27(37)33-20(13-23(29(38)39)34-26(36)25(32)16(3)4)11-17-5-7-18(8-6-17)21-12-19(30)9-10-22(21)31/h5-10,12,14-16,20,23,25H,11,13,32H2,1-4H3,(H,33,37)(H,34,36)(H,38,39)/t20-,23-,25-/m1/s1. The molecule has 214 valence electrons. The summed E-state index contributed by atoms with van der Waals surface area (Å²) in [6.07, 6.45) is 1.47. The quantitative estimate of drug-likeness (QED) is 0.249. The third-order valence-electron chi connectivity index (χ3n) is 6.47. The summed E-state index contributed by atoms with van der Waals surface area (Å²) in [4.78, 5) is 41.8. The molecule has 3 atom stereocenters. The summed E-state index contributed by atoms with van der Waals surface area (Å²) in [5.74, 6) is -3.23. The Bertz CT molecular complexity index is 1340. The zero-order valence-corrected chi connectivity index (χ0v) is 23.5. The molecule has 1 aromatic heterocycles. The Balaban J connectivity index is 1.84. The van der Waals surface area contributed by atoms with Gasteiger partial charge < -0.3 is 25.9 Å². The van der Waals surface area contributed by atoms with E-state index in [1.165, 1.54) is 24.5 Å². The zero-order valence-electron chi connectivity index (χ0n) is 22.8. The van der Waals surface area contributed by atoms with Crippen LogP contribution in [-0.4, -0.2) is 46.0 Å². The van der Waals surface area contributed by atoms with Crippen LogP contribution in [-0.2, 0) is 16.0 Å². The van der Waals surface area contributed by atoms with E-state index in [-0.39, 0.29) is 30.6 Å². The van der Waals surface area contributed by atoms with Crippen LogP contribution in [0.2, 0.25) is 5.02 Å². The number of benzene rings is 2. The SMILES string of the molecule is CC(C)c1coc(C(=O)N[C@H](Cc2ccc(-c3cc(Cl)ccc3F)cc2)C[C@@H](NC(=O)[C@H](N)C(C)C)C(=O)O)n1. The van der Waals surface area contributed by atoms with Crippen molar-refractivity contribution in [3.05, 3.63) is 76.7 Å². The van der Waals surface area contributed by atoms with Crippen LogP contribution in [0.25, 0.3) is 11.1 Å². The number of aliphatic carboxylic acids is 1. The molecule has 0 radical (unpaired) electrons. The van der Waals surface area contributed by atoms with Crippen LogP contribution in [0.15, 0.2) is 53.1 Å². The highest BCUT2D eigenvalue weighted by Crippen LogP contribution is 2.26. The Morgan fingerprint density at radius 3 is 2.33 bits per heavy atom. The van der Waals surface area contributed by atoms with Crippen LogP contribution in [0.5, 0.6) is 0 Å². The van der Waals surface area contributed by atoms with Gasteiger partial charge in [0.15, 0.2) is 0 Å². The van der Waals surface area contributed by atoms with Gasteiger partial charge in [-0.15, -0.1) is 0 Å². The molecule has 0 saturated heterocycles. The van der Waals surface area contributed by atoms with Crippen LogP contribution in [0.1, 0.15) is 62.0 Å². The van der Waals surface area contributed by atoms with Gasteiger partial charge in [-0.2, -0.15) is 0 Å². The minimum atomic E-state index is -1.32. The average molecular weight is 573 g/mol. The molecule has 2 aromatic carbocycles. The minimum Gasteiger partial charge on any atom is -0.480 e. The van der Waals surface area contributed by atoms with Gasteiger partial charge in [-0.1, -0.05) is 63.6 Å². The van der Waals surface area contributed by atoms with Crippen LogP contribution in [0, 0.1) is 11.7 Å². The number of hydrogen-bond acceptors (Lipinski definition) is 6. The van der Waals surface area contributed by atoms with Gasteiger partial charge in [-0.25, -0.2) is 14.2 Å². The lowest BCUT2D eigenvalue weighted by molar-refractivity contribution is -0.142. The molecular weight excluding hydrogens is 539 g/mol. The molecule has 5 N–H and O–H groups in total. The van der Waals surface area contributed by atoms with Crippen molar-refractivity contribution in [3.63, 3.8) is 0 Å². The van der Waals surface area contributed by atoms with Crippen molar-refractivity contribution in [1.29, 1.82) is 0 Å². The molecule has 11 heteroatoms. The van der Waals surface area contributed by atoms with E-state index in [0.717, 1.165) is 5.56 Å². The van der Waals surface area contributed by atoms with E-state index in [2.05, 4.69) is 15.6 Å². The molecule has 0 aliphatic carbocycles. The number of rotatable bonds is 12. The Kier molecular flexibility index (Phi) is 10.4. The topological polar surface area (TPSA) is 148 Å². The molecule has 0 aliphatic heterocycles. The molecule has 2 amide bonds. The Morgan fingerprint density at radius 2 is 1.75 bits per heavy atom. The van der Waals surface area contributed by atoms with E-state index in [0.29, 0.717) is 21.8 Å². The fourth-order valence-corrected chi connectivity index (χ4v) is 4.17. The second-order valence-corrected chi connectivity index (χ2v) is 10.8. The number of carbonyl (C=O) groups is 3. The van der Waals surface area contributed by atoms with Crippen molar-refractivity contribution >= 4 is 29.4 Å². The number of carboxylic acid groups (broad SMARTS) is 1. The first-order chi connectivity index (χ1) is 18.8. The van der Waals surface area contributed by atoms with Gasteiger partial charge in [0.05, 0.1) is 11.7 Å². The molecule has 0 bridgehead atoms. The monoisotopic (exact) mass is 572 g/mol. The first kappa shape index (κ1) is 30.8. The second-order valence-electron chi connectivity index (χ2n) is 10.3. The second kappa shape index (κ2) is 13.5. The number of amides is 2. The number of carboxylic acids is 1. The lowest BCUT2D eigenvalue weighted by atomic mass is 9.96. The molecule has 0 spiro atoms. The number of nitrogens with one attached hydrogen (secondary N) is 2. The Hall–Kier alpha value is -3.76. The summed E-state index contributed by atoms with van der Waals surface area (Å²) in [6.45, 7) is 7.32. The maximum absolute atomic E-state index is 14.3. The summed E-state index contributed by atoms with van der Waals surface area (Å²) in [5, 5.41) is 15.5. The van der Waals surface area contributed by atoms with Crippen molar-refractivity contribution in [1.82, 2.24) is 15.6 Å². The van der Waals surface area contributed by atoms with Gasteiger partial charge in [0.25, 0.3) is 5.89 Å². The van der Waals surface area contributed by atoms with E-state index in [1.807, 2.05) is 13.8 Å². The first-order valence-corrected chi connectivity index (χ1v) is 13.3. The van der Waals surface area contributed by atoms with Gasteiger partial charge in [-0.3, -0.25) is 9.59 Å². The lowest BCUT2D eigenvalue weighted by Gasteiger charge is -2.24. The third-order valence-corrected chi connectivity index (χ3v) is 6.71. The van der Waals surface area contributed by atoms with E-state index in [1.54, 1.807) is 38.1 Å². The van der Waals surface area contributed by atoms with E-state index in [9.17, 15) is 23.9 Å². The summed E-state index contributed by atoms with van der Waals surface area (Å²) < 4.78 is 19.7. The smallest absolute Gasteiger partial charge is 0.326 e. The molecule has 0 aliphatic rings. The highest BCUT2D eigenvalue weighted by Gasteiger charge is 2.29. The number of hydrogen-bond donors (Lipinski definition) is 4.